The highest BCUT2D eigenvalue weighted by Gasteiger charge is 2.32. The molecule has 0 aromatic heterocycles. The topological polar surface area (TPSA) is 58.4 Å². The maximum Gasteiger partial charge on any atom is 0.234 e. The third-order valence-electron chi connectivity index (χ3n) is 5.25. The van der Waals surface area contributed by atoms with Gasteiger partial charge in [-0.05, 0) is 29.2 Å². The largest absolute Gasteiger partial charge is 0.348 e. The lowest BCUT2D eigenvalue weighted by Gasteiger charge is -2.24. The zero-order chi connectivity index (χ0) is 19.4. The number of amides is 1. The third-order valence-corrected chi connectivity index (χ3v) is 5.25. The van der Waals surface area contributed by atoms with Crippen molar-refractivity contribution < 1.29 is 9.18 Å². The number of likely N-dealkylation sites (tertiary alicyclic amines) is 1. The van der Waals surface area contributed by atoms with Crippen LogP contribution in [-0.4, -0.2) is 36.5 Å². The number of hydrogen-bond donors (Lipinski definition) is 2. The van der Waals surface area contributed by atoms with E-state index >= 15 is 0 Å². The minimum atomic E-state index is -0.273. The van der Waals surface area contributed by atoms with Gasteiger partial charge in [-0.2, -0.15) is 0 Å². The molecule has 2 aromatic rings. The summed E-state index contributed by atoms with van der Waals surface area (Å²) in [7, 11) is 0. The Morgan fingerprint density at radius 3 is 2.39 bits per heavy atom. The average Bonchev–Trinajstić information content (AvgIpc) is 3.01. The summed E-state index contributed by atoms with van der Waals surface area (Å²) in [5, 5.41) is 3.10. The number of hydrogen-bond acceptors (Lipinski definition) is 3. The van der Waals surface area contributed by atoms with Crippen molar-refractivity contribution in [2.75, 3.05) is 19.6 Å². The summed E-state index contributed by atoms with van der Waals surface area (Å²) >= 11 is 0. The van der Waals surface area contributed by atoms with E-state index in [4.69, 9.17) is 5.73 Å². The molecule has 6 heteroatoms. The molecule has 1 unspecified atom stereocenters. The number of nitrogens with two attached hydrogens (primary N) is 1. The van der Waals surface area contributed by atoms with Crippen LogP contribution in [0.25, 0.3) is 0 Å². The Morgan fingerprint density at radius 2 is 1.79 bits per heavy atom. The molecule has 1 aliphatic rings. The quantitative estimate of drug-likeness (QED) is 0.773. The number of rotatable bonds is 6. The summed E-state index contributed by atoms with van der Waals surface area (Å²) in [4.78, 5) is 14.7. The maximum atomic E-state index is 13.2. The van der Waals surface area contributed by atoms with Gasteiger partial charge in [0.1, 0.15) is 5.82 Å². The van der Waals surface area contributed by atoms with Crippen LogP contribution in [0.15, 0.2) is 54.6 Å². The van der Waals surface area contributed by atoms with Gasteiger partial charge in [-0.25, -0.2) is 4.39 Å². The number of benzene rings is 2. The normalized spacial score (nSPS) is 20.6. The first-order valence-corrected chi connectivity index (χ1v) is 9.51. The Morgan fingerprint density at radius 1 is 1.14 bits per heavy atom. The van der Waals surface area contributed by atoms with Gasteiger partial charge >= 0.3 is 0 Å². The number of carbonyl (C=O) groups excluding carboxylic acids is 1. The standard InChI is InChI=1S/C22H28FN3O.ClH/c1-15(2)22(17-8-10-18(23)11-9-17)25-21(27)14-26-12-19(20(24)13-26)16-6-4-3-5-7-16;/h3-11,15,19-20,22H,12-14,24H2,1-2H3,(H,25,27);1H/t19-,20+,22?;/m0./s1. The van der Waals surface area contributed by atoms with Crippen molar-refractivity contribution in [3.8, 4) is 0 Å². The van der Waals surface area contributed by atoms with Gasteiger partial charge in [-0.3, -0.25) is 9.69 Å². The van der Waals surface area contributed by atoms with Crippen molar-refractivity contribution in [1.82, 2.24) is 10.2 Å². The fourth-order valence-corrected chi connectivity index (χ4v) is 3.82. The predicted octanol–water partition coefficient (Wildman–Crippen LogP) is 3.49. The van der Waals surface area contributed by atoms with E-state index < -0.39 is 0 Å². The fourth-order valence-electron chi connectivity index (χ4n) is 3.82. The lowest BCUT2D eigenvalue weighted by atomic mass is 9.95. The van der Waals surface area contributed by atoms with Crippen LogP contribution >= 0.6 is 12.4 Å². The average molecular weight is 406 g/mol. The van der Waals surface area contributed by atoms with Gasteiger partial charge in [-0.15, -0.1) is 12.4 Å². The molecule has 3 rings (SSSR count). The minimum Gasteiger partial charge on any atom is -0.348 e. The molecule has 0 spiro atoms. The number of nitrogens with one attached hydrogen (secondary N) is 1. The summed E-state index contributed by atoms with van der Waals surface area (Å²) < 4.78 is 13.2. The molecule has 28 heavy (non-hydrogen) atoms. The molecule has 0 radical (unpaired) electrons. The zero-order valence-corrected chi connectivity index (χ0v) is 17.2. The summed E-state index contributed by atoms with van der Waals surface area (Å²) in [5.74, 6) is 0.152. The molecule has 1 fully saturated rings. The van der Waals surface area contributed by atoms with Crippen LogP contribution in [0.1, 0.15) is 36.9 Å². The van der Waals surface area contributed by atoms with Gasteiger partial charge in [0.25, 0.3) is 0 Å². The van der Waals surface area contributed by atoms with Gasteiger partial charge < -0.3 is 11.1 Å². The van der Waals surface area contributed by atoms with Gasteiger partial charge in [0.2, 0.25) is 5.91 Å². The predicted molar refractivity (Wildman–Crippen MR) is 113 cm³/mol. The van der Waals surface area contributed by atoms with E-state index in [1.807, 2.05) is 32.0 Å². The second-order valence-corrected chi connectivity index (χ2v) is 7.72. The van der Waals surface area contributed by atoms with E-state index in [2.05, 4.69) is 22.3 Å². The molecular formula is C22H29ClFN3O. The lowest BCUT2D eigenvalue weighted by Crippen LogP contribution is -2.40. The molecule has 2 aromatic carbocycles. The van der Waals surface area contributed by atoms with Gasteiger partial charge in [0.15, 0.2) is 0 Å². The Balaban J connectivity index is 0.00000280. The van der Waals surface area contributed by atoms with Crippen LogP contribution in [0.5, 0.6) is 0 Å². The Labute approximate surface area is 172 Å². The van der Waals surface area contributed by atoms with Gasteiger partial charge in [-0.1, -0.05) is 56.3 Å². The highest BCUT2D eigenvalue weighted by molar-refractivity contribution is 5.85. The van der Waals surface area contributed by atoms with Crippen LogP contribution < -0.4 is 11.1 Å². The molecule has 3 N–H and O–H groups in total. The van der Waals surface area contributed by atoms with Gasteiger partial charge in [0, 0.05) is 25.0 Å². The molecule has 1 heterocycles. The van der Waals surface area contributed by atoms with E-state index in [1.165, 1.54) is 17.7 Å². The van der Waals surface area contributed by atoms with Crippen LogP contribution in [0.4, 0.5) is 4.39 Å². The van der Waals surface area contributed by atoms with Crippen molar-refractivity contribution in [2.24, 2.45) is 11.7 Å². The van der Waals surface area contributed by atoms with Crippen LogP contribution in [0.2, 0.25) is 0 Å². The Bertz CT molecular complexity index is 754. The molecule has 152 valence electrons. The summed E-state index contributed by atoms with van der Waals surface area (Å²) in [6, 6.07) is 16.4. The highest BCUT2D eigenvalue weighted by Crippen LogP contribution is 2.26. The molecule has 4 nitrogen and oxygen atoms in total. The summed E-state index contributed by atoms with van der Waals surface area (Å²) in [5.41, 5.74) is 8.46. The Hall–Kier alpha value is -1.95. The SMILES string of the molecule is CC(C)C(NC(=O)CN1C[C@@H](N)[C@H](c2ccccc2)C1)c1ccc(F)cc1.Cl. The molecule has 1 aliphatic heterocycles. The summed E-state index contributed by atoms with van der Waals surface area (Å²) in [6.07, 6.45) is 0. The van der Waals surface area contributed by atoms with Crippen molar-refractivity contribution in [3.05, 3.63) is 71.5 Å². The van der Waals surface area contributed by atoms with E-state index in [-0.39, 0.29) is 48.1 Å². The van der Waals surface area contributed by atoms with E-state index in [9.17, 15) is 9.18 Å². The number of halogens is 2. The molecule has 0 bridgehead atoms. The van der Waals surface area contributed by atoms with Crippen molar-refractivity contribution in [1.29, 1.82) is 0 Å². The number of carbonyl (C=O) groups is 1. The molecular weight excluding hydrogens is 377 g/mol. The van der Waals surface area contributed by atoms with Crippen molar-refractivity contribution >= 4 is 18.3 Å². The molecule has 1 amide bonds. The first kappa shape index (κ1) is 22.3. The summed E-state index contributed by atoms with van der Waals surface area (Å²) in [6.45, 7) is 5.90. The molecule has 3 atom stereocenters. The van der Waals surface area contributed by atoms with Crippen LogP contribution in [-0.2, 0) is 4.79 Å². The number of nitrogens with zero attached hydrogens (tertiary/aromatic N) is 1. The van der Waals surface area contributed by atoms with Crippen molar-refractivity contribution in [3.63, 3.8) is 0 Å². The first-order chi connectivity index (χ1) is 12.9. The van der Waals surface area contributed by atoms with Gasteiger partial charge in [0.05, 0.1) is 12.6 Å². The smallest absolute Gasteiger partial charge is 0.234 e. The molecule has 1 saturated heterocycles. The Kier molecular flexibility index (Phi) is 7.98. The van der Waals surface area contributed by atoms with Crippen LogP contribution in [0, 0.1) is 11.7 Å². The third kappa shape index (κ3) is 5.53. The zero-order valence-electron chi connectivity index (χ0n) is 16.3. The molecule has 0 aliphatic carbocycles. The van der Waals surface area contributed by atoms with Crippen molar-refractivity contribution in [2.45, 2.75) is 31.8 Å². The lowest BCUT2D eigenvalue weighted by molar-refractivity contribution is -0.123. The monoisotopic (exact) mass is 405 g/mol. The second-order valence-electron chi connectivity index (χ2n) is 7.72. The molecule has 0 saturated carbocycles. The highest BCUT2D eigenvalue weighted by atomic mass is 35.5. The van der Waals surface area contributed by atoms with E-state index in [0.29, 0.717) is 13.1 Å². The fraction of sp³-hybridized carbons (Fsp3) is 0.409. The van der Waals surface area contributed by atoms with Crippen LogP contribution in [0.3, 0.4) is 0 Å². The van der Waals surface area contributed by atoms with E-state index in [1.54, 1.807) is 12.1 Å². The first-order valence-electron chi connectivity index (χ1n) is 9.51. The maximum absolute atomic E-state index is 13.2. The minimum absolute atomic E-state index is 0. The van der Waals surface area contributed by atoms with E-state index in [0.717, 1.165) is 12.1 Å². The second kappa shape index (κ2) is 10.0.